The molecule has 1 amide bonds. The Kier molecular flexibility index (Phi) is 6.04. The molecule has 4 heteroatoms. The Morgan fingerprint density at radius 1 is 1.19 bits per heavy atom. The zero-order valence-corrected chi connectivity index (χ0v) is 15.7. The molecule has 1 saturated heterocycles. The monoisotopic (exact) mass is 352 g/mol. The van der Waals surface area contributed by atoms with E-state index in [0.29, 0.717) is 13.2 Å². The van der Waals surface area contributed by atoms with Crippen LogP contribution < -0.4 is 5.32 Å². The SMILES string of the molecule is CC[C@H](C)NC(=O)C1(Cc2ccc(-c3cccnc3)cc2)CCOCC1. The number of aromatic nitrogens is 1. The Labute approximate surface area is 156 Å². The molecule has 0 unspecified atom stereocenters. The number of rotatable bonds is 6. The van der Waals surface area contributed by atoms with Crippen LogP contribution in [0, 0.1) is 5.41 Å². The Balaban J connectivity index is 1.77. The molecule has 1 aromatic heterocycles. The number of hydrogen-bond acceptors (Lipinski definition) is 3. The number of benzene rings is 1. The second-order valence-corrected chi connectivity index (χ2v) is 7.29. The predicted molar refractivity (Wildman–Crippen MR) is 104 cm³/mol. The molecular formula is C22H28N2O2. The first kappa shape index (κ1) is 18.6. The molecule has 1 aliphatic heterocycles. The third-order valence-electron chi connectivity index (χ3n) is 5.41. The lowest BCUT2D eigenvalue weighted by molar-refractivity contribution is -0.137. The Morgan fingerprint density at radius 3 is 2.54 bits per heavy atom. The molecule has 3 rings (SSSR count). The van der Waals surface area contributed by atoms with Gasteiger partial charge in [0.05, 0.1) is 5.41 Å². The van der Waals surface area contributed by atoms with Crippen LogP contribution in [0.4, 0.5) is 0 Å². The summed E-state index contributed by atoms with van der Waals surface area (Å²) in [6.45, 7) is 5.47. The first-order valence-electron chi connectivity index (χ1n) is 9.51. The lowest BCUT2D eigenvalue weighted by Gasteiger charge is -2.36. The minimum atomic E-state index is -0.364. The van der Waals surface area contributed by atoms with Gasteiger partial charge in [-0.25, -0.2) is 0 Å². The van der Waals surface area contributed by atoms with Crippen molar-refractivity contribution in [3.05, 3.63) is 54.4 Å². The summed E-state index contributed by atoms with van der Waals surface area (Å²) >= 11 is 0. The molecule has 1 aromatic carbocycles. The number of carbonyl (C=O) groups is 1. The van der Waals surface area contributed by atoms with Crippen LogP contribution in [0.1, 0.15) is 38.7 Å². The highest BCUT2D eigenvalue weighted by Crippen LogP contribution is 2.35. The fourth-order valence-electron chi connectivity index (χ4n) is 3.46. The first-order valence-corrected chi connectivity index (χ1v) is 9.51. The molecule has 138 valence electrons. The van der Waals surface area contributed by atoms with Crippen LogP contribution in [0.5, 0.6) is 0 Å². The highest BCUT2D eigenvalue weighted by atomic mass is 16.5. The van der Waals surface area contributed by atoms with Crippen molar-refractivity contribution in [2.45, 2.75) is 45.6 Å². The van der Waals surface area contributed by atoms with E-state index in [-0.39, 0.29) is 17.4 Å². The number of pyridine rings is 1. The van der Waals surface area contributed by atoms with Crippen molar-refractivity contribution in [1.29, 1.82) is 0 Å². The fraction of sp³-hybridized carbons (Fsp3) is 0.455. The largest absolute Gasteiger partial charge is 0.381 e. The first-order chi connectivity index (χ1) is 12.6. The highest BCUT2D eigenvalue weighted by molar-refractivity contribution is 5.83. The van der Waals surface area contributed by atoms with Crippen LogP contribution in [-0.2, 0) is 16.0 Å². The van der Waals surface area contributed by atoms with Crippen molar-refractivity contribution in [3.63, 3.8) is 0 Å². The normalized spacial score (nSPS) is 17.5. The van der Waals surface area contributed by atoms with Crippen LogP contribution in [0.15, 0.2) is 48.8 Å². The molecule has 0 bridgehead atoms. The number of nitrogens with one attached hydrogen (secondary N) is 1. The van der Waals surface area contributed by atoms with Crippen LogP contribution in [-0.4, -0.2) is 30.1 Å². The van der Waals surface area contributed by atoms with E-state index in [2.05, 4.69) is 54.5 Å². The maximum atomic E-state index is 13.0. The second kappa shape index (κ2) is 8.45. The van der Waals surface area contributed by atoms with Gasteiger partial charge in [0.1, 0.15) is 0 Å². The third kappa shape index (κ3) is 4.31. The summed E-state index contributed by atoms with van der Waals surface area (Å²) in [6.07, 6.45) is 6.90. The van der Waals surface area contributed by atoms with Gasteiger partial charge in [0, 0.05) is 31.6 Å². The number of amides is 1. The number of carbonyl (C=O) groups excluding carboxylic acids is 1. The van der Waals surface area contributed by atoms with Crippen molar-refractivity contribution < 1.29 is 9.53 Å². The van der Waals surface area contributed by atoms with Crippen molar-refractivity contribution in [1.82, 2.24) is 10.3 Å². The maximum absolute atomic E-state index is 13.0. The number of hydrogen-bond donors (Lipinski definition) is 1. The van der Waals surface area contributed by atoms with Crippen molar-refractivity contribution in [3.8, 4) is 11.1 Å². The van der Waals surface area contributed by atoms with E-state index in [9.17, 15) is 4.79 Å². The Hall–Kier alpha value is -2.20. The molecule has 2 aromatic rings. The average Bonchev–Trinajstić information content (AvgIpc) is 2.70. The standard InChI is InChI=1S/C22H28N2O2/c1-3-17(2)24-21(25)22(10-13-26-14-11-22)15-18-6-8-19(9-7-18)20-5-4-12-23-16-20/h4-9,12,16-17H,3,10-11,13-15H2,1-2H3,(H,24,25)/t17-/m0/s1. The van der Waals surface area contributed by atoms with Crippen LogP contribution in [0.25, 0.3) is 11.1 Å². The summed E-state index contributed by atoms with van der Waals surface area (Å²) in [5.74, 6) is 0.173. The van der Waals surface area contributed by atoms with Gasteiger partial charge in [-0.05, 0) is 55.4 Å². The molecule has 4 nitrogen and oxygen atoms in total. The summed E-state index contributed by atoms with van der Waals surface area (Å²) in [6, 6.07) is 12.7. The van der Waals surface area contributed by atoms with E-state index in [0.717, 1.165) is 36.8 Å². The molecular weight excluding hydrogens is 324 g/mol. The molecule has 1 aliphatic rings. The minimum Gasteiger partial charge on any atom is -0.381 e. The van der Waals surface area contributed by atoms with Gasteiger partial charge >= 0.3 is 0 Å². The molecule has 2 heterocycles. The molecule has 1 N–H and O–H groups in total. The van der Waals surface area contributed by atoms with Crippen LogP contribution >= 0.6 is 0 Å². The van der Waals surface area contributed by atoms with Gasteiger partial charge in [0.2, 0.25) is 5.91 Å². The highest BCUT2D eigenvalue weighted by Gasteiger charge is 2.40. The van der Waals surface area contributed by atoms with Crippen molar-refractivity contribution >= 4 is 5.91 Å². The number of nitrogens with zero attached hydrogens (tertiary/aromatic N) is 1. The van der Waals surface area contributed by atoms with E-state index < -0.39 is 0 Å². The van der Waals surface area contributed by atoms with Crippen LogP contribution in [0.3, 0.4) is 0 Å². The Morgan fingerprint density at radius 2 is 1.92 bits per heavy atom. The van der Waals surface area contributed by atoms with E-state index in [1.807, 2.05) is 12.3 Å². The van der Waals surface area contributed by atoms with E-state index in [1.165, 1.54) is 5.56 Å². The molecule has 0 radical (unpaired) electrons. The molecule has 0 saturated carbocycles. The Bertz CT molecular complexity index is 707. The van der Waals surface area contributed by atoms with Crippen molar-refractivity contribution in [2.24, 2.45) is 5.41 Å². The molecule has 26 heavy (non-hydrogen) atoms. The molecule has 1 atom stereocenters. The minimum absolute atomic E-state index is 0.173. The summed E-state index contributed by atoms with van der Waals surface area (Å²) in [5, 5.41) is 3.19. The molecule has 0 spiro atoms. The van der Waals surface area contributed by atoms with E-state index in [4.69, 9.17) is 4.74 Å². The molecule has 1 fully saturated rings. The van der Waals surface area contributed by atoms with E-state index in [1.54, 1.807) is 6.20 Å². The average molecular weight is 352 g/mol. The predicted octanol–water partition coefficient (Wildman–Crippen LogP) is 4.00. The lowest BCUT2D eigenvalue weighted by Crippen LogP contribution is -2.48. The van der Waals surface area contributed by atoms with Crippen molar-refractivity contribution in [2.75, 3.05) is 13.2 Å². The van der Waals surface area contributed by atoms with Gasteiger partial charge in [-0.1, -0.05) is 37.3 Å². The smallest absolute Gasteiger partial charge is 0.226 e. The maximum Gasteiger partial charge on any atom is 0.226 e. The zero-order chi connectivity index (χ0) is 18.4. The second-order valence-electron chi connectivity index (χ2n) is 7.29. The van der Waals surface area contributed by atoms with E-state index >= 15 is 0 Å². The summed E-state index contributed by atoms with van der Waals surface area (Å²) in [7, 11) is 0. The van der Waals surface area contributed by atoms with Gasteiger partial charge in [0.15, 0.2) is 0 Å². The third-order valence-corrected chi connectivity index (χ3v) is 5.41. The van der Waals surface area contributed by atoms with Gasteiger partial charge in [0.25, 0.3) is 0 Å². The molecule has 0 aliphatic carbocycles. The number of ether oxygens (including phenoxy) is 1. The summed E-state index contributed by atoms with van der Waals surface area (Å²) in [5.41, 5.74) is 3.08. The van der Waals surface area contributed by atoms with Gasteiger partial charge in [-0.3, -0.25) is 9.78 Å². The summed E-state index contributed by atoms with van der Waals surface area (Å²) in [4.78, 5) is 17.2. The fourth-order valence-corrected chi connectivity index (χ4v) is 3.46. The van der Waals surface area contributed by atoms with Gasteiger partial charge in [-0.2, -0.15) is 0 Å². The topological polar surface area (TPSA) is 51.2 Å². The quantitative estimate of drug-likeness (QED) is 0.855. The van der Waals surface area contributed by atoms with Crippen LogP contribution in [0.2, 0.25) is 0 Å². The van der Waals surface area contributed by atoms with Gasteiger partial charge in [-0.15, -0.1) is 0 Å². The van der Waals surface area contributed by atoms with Gasteiger partial charge < -0.3 is 10.1 Å². The summed E-state index contributed by atoms with van der Waals surface area (Å²) < 4.78 is 5.53. The lowest BCUT2D eigenvalue weighted by atomic mass is 9.74. The zero-order valence-electron chi connectivity index (χ0n) is 15.7.